The Morgan fingerprint density at radius 1 is 1.53 bits per heavy atom. The van der Waals surface area contributed by atoms with E-state index in [9.17, 15) is 4.79 Å². The third-order valence-electron chi connectivity index (χ3n) is 3.53. The van der Waals surface area contributed by atoms with Crippen LogP contribution in [0.3, 0.4) is 0 Å². The molecule has 1 aromatic rings. The normalized spacial score (nSPS) is 18.5. The fraction of sp³-hybridized carbons (Fsp3) is 0.500. The SMILES string of the molecule is COc1cccc(CC(=O)C(C)(N)C2CC2)c1. The summed E-state index contributed by atoms with van der Waals surface area (Å²) in [7, 11) is 1.62. The van der Waals surface area contributed by atoms with Gasteiger partial charge in [-0.2, -0.15) is 0 Å². The average Bonchev–Trinajstić information content (AvgIpc) is 3.13. The quantitative estimate of drug-likeness (QED) is 0.845. The standard InChI is InChI=1S/C14H19NO2/c1-14(15,11-6-7-11)13(16)9-10-4-3-5-12(8-10)17-2/h3-5,8,11H,6-7,9,15H2,1-2H3. The number of benzene rings is 1. The van der Waals surface area contributed by atoms with Crippen molar-refractivity contribution in [1.82, 2.24) is 0 Å². The number of carbonyl (C=O) groups excluding carboxylic acids is 1. The molecule has 0 aliphatic heterocycles. The van der Waals surface area contributed by atoms with E-state index < -0.39 is 5.54 Å². The van der Waals surface area contributed by atoms with E-state index in [1.165, 1.54) is 0 Å². The Morgan fingerprint density at radius 2 is 2.24 bits per heavy atom. The van der Waals surface area contributed by atoms with Crippen LogP contribution in [0.2, 0.25) is 0 Å². The van der Waals surface area contributed by atoms with E-state index in [1.807, 2.05) is 31.2 Å². The molecular weight excluding hydrogens is 214 g/mol. The van der Waals surface area contributed by atoms with Gasteiger partial charge in [0.15, 0.2) is 5.78 Å². The van der Waals surface area contributed by atoms with Gasteiger partial charge in [-0.15, -0.1) is 0 Å². The second-order valence-corrected chi connectivity index (χ2v) is 5.01. The smallest absolute Gasteiger partial charge is 0.156 e. The van der Waals surface area contributed by atoms with E-state index in [1.54, 1.807) is 7.11 Å². The number of nitrogens with two attached hydrogens (primary N) is 1. The van der Waals surface area contributed by atoms with E-state index >= 15 is 0 Å². The van der Waals surface area contributed by atoms with Crippen LogP contribution in [0.4, 0.5) is 0 Å². The van der Waals surface area contributed by atoms with Gasteiger partial charge in [0.05, 0.1) is 12.6 Å². The van der Waals surface area contributed by atoms with Crippen LogP contribution < -0.4 is 10.5 Å². The van der Waals surface area contributed by atoms with Gasteiger partial charge in [0.25, 0.3) is 0 Å². The molecule has 3 nitrogen and oxygen atoms in total. The Morgan fingerprint density at radius 3 is 2.82 bits per heavy atom. The molecule has 0 bridgehead atoms. The Balaban J connectivity index is 2.07. The van der Waals surface area contributed by atoms with Gasteiger partial charge in [-0.3, -0.25) is 4.79 Å². The highest BCUT2D eigenvalue weighted by molar-refractivity contribution is 5.90. The summed E-state index contributed by atoms with van der Waals surface area (Å²) in [6.07, 6.45) is 2.55. The van der Waals surface area contributed by atoms with Crippen LogP contribution >= 0.6 is 0 Å². The molecule has 0 aromatic heterocycles. The molecular formula is C14H19NO2. The van der Waals surface area contributed by atoms with Gasteiger partial charge in [0, 0.05) is 6.42 Å². The molecule has 0 spiro atoms. The molecule has 0 radical (unpaired) electrons. The molecule has 1 aliphatic carbocycles. The number of methoxy groups -OCH3 is 1. The number of Topliss-reactive ketones (excluding diaryl/α,β-unsaturated/α-hetero) is 1. The van der Waals surface area contributed by atoms with Gasteiger partial charge >= 0.3 is 0 Å². The number of carbonyl (C=O) groups is 1. The highest BCUT2D eigenvalue weighted by atomic mass is 16.5. The zero-order valence-electron chi connectivity index (χ0n) is 10.4. The summed E-state index contributed by atoms with van der Waals surface area (Å²) in [5.74, 6) is 1.27. The van der Waals surface area contributed by atoms with Crippen molar-refractivity contribution >= 4 is 5.78 Å². The molecule has 1 fully saturated rings. The third-order valence-corrected chi connectivity index (χ3v) is 3.53. The predicted octanol–water partition coefficient (Wildman–Crippen LogP) is 1.93. The molecule has 2 rings (SSSR count). The van der Waals surface area contributed by atoms with Crippen LogP contribution in [0, 0.1) is 5.92 Å². The molecule has 0 saturated heterocycles. The summed E-state index contributed by atoms with van der Waals surface area (Å²) in [6.45, 7) is 1.85. The largest absolute Gasteiger partial charge is 0.497 e. The fourth-order valence-electron chi connectivity index (χ4n) is 2.07. The van der Waals surface area contributed by atoms with Gasteiger partial charge < -0.3 is 10.5 Å². The zero-order chi connectivity index (χ0) is 12.5. The number of ketones is 1. The van der Waals surface area contributed by atoms with Crippen molar-refractivity contribution in [1.29, 1.82) is 0 Å². The number of ether oxygens (including phenoxy) is 1. The van der Waals surface area contributed by atoms with Crippen molar-refractivity contribution in [3.8, 4) is 5.75 Å². The highest BCUT2D eigenvalue weighted by Gasteiger charge is 2.43. The summed E-state index contributed by atoms with van der Waals surface area (Å²) in [6, 6.07) is 7.59. The van der Waals surface area contributed by atoms with Gasteiger partial charge in [-0.1, -0.05) is 12.1 Å². The van der Waals surface area contributed by atoms with Crippen LogP contribution in [-0.4, -0.2) is 18.4 Å². The summed E-state index contributed by atoms with van der Waals surface area (Å²) in [5, 5.41) is 0. The van der Waals surface area contributed by atoms with E-state index in [2.05, 4.69) is 0 Å². The molecule has 1 unspecified atom stereocenters. The summed E-state index contributed by atoms with van der Waals surface area (Å²) in [5.41, 5.74) is 6.40. The first-order valence-corrected chi connectivity index (χ1v) is 5.99. The minimum Gasteiger partial charge on any atom is -0.497 e. The Hall–Kier alpha value is -1.35. The van der Waals surface area contributed by atoms with E-state index in [0.29, 0.717) is 12.3 Å². The first-order valence-electron chi connectivity index (χ1n) is 5.99. The Labute approximate surface area is 102 Å². The summed E-state index contributed by atoms with van der Waals surface area (Å²) < 4.78 is 5.14. The lowest BCUT2D eigenvalue weighted by atomic mass is 9.88. The summed E-state index contributed by atoms with van der Waals surface area (Å²) in [4.78, 5) is 12.1. The molecule has 1 aromatic carbocycles. The number of hydrogen-bond donors (Lipinski definition) is 1. The second kappa shape index (κ2) is 4.49. The molecule has 1 saturated carbocycles. The first kappa shape index (κ1) is 12.1. The van der Waals surface area contributed by atoms with E-state index in [0.717, 1.165) is 24.2 Å². The lowest BCUT2D eigenvalue weighted by Crippen LogP contribution is -2.47. The van der Waals surface area contributed by atoms with Crippen LogP contribution in [0.15, 0.2) is 24.3 Å². The predicted molar refractivity (Wildman–Crippen MR) is 67.0 cm³/mol. The van der Waals surface area contributed by atoms with E-state index in [-0.39, 0.29) is 5.78 Å². The van der Waals surface area contributed by atoms with Crippen molar-refractivity contribution in [2.45, 2.75) is 31.7 Å². The Kier molecular flexibility index (Phi) is 3.20. The van der Waals surface area contributed by atoms with Crippen LogP contribution in [0.5, 0.6) is 5.75 Å². The number of hydrogen-bond acceptors (Lipinski definition) is 3. The van der Waals surface area contributed by atoms with E-state index in [4.69, 9.17) is 10.5 Å². The van der Waals surface area contributed by atoms with Crippen LogP contribution in [-0.2, 0) is 11.2 Å². The molecule has 17 heavy (non-hydrogen) atoms. The Bertz CT molecular complexity index is 422. The molecule has 0 heterocycles. The zero-order valence-corrected chi connectivity index (χ0v) is 10.4. The van der Waals surface area contributed by atoms with Gasteiger partial charge in [-0.25, -0.2) is 0 Å². The molecule has 1 aliphatic rings. The van der Waals surface area contributed by atoms with Gasteiger partial charge in [0.2, 0.25) is 0 Å². The maximum Gasteiger partial charge on any atom is 0.156 e. The van der Waals surface area contributed by atoms with Crippen LogP contribution in [0.25, 0.3) is 0 Å². The van der Waals surface area contributed by atoms with Gasteiger partial charge in [-0.05, 0) is 43.4 Å². The molecule has 1 atom stereocenters. The first-order chi connectivity index (χ1) is 8.04. The second-order valence-electron chi connectivity index (χ2n) is 5.01. The molecule has 3 heteroatoms. The molecule has 0 amide bonds. The maximum atomic E-state index is 12.1. The topological polar surface area (TPSA) is 52.3 Å². The van der Waals surface area contributed by atoms with Crippen molar-refractivity contribution < 1.29 is 9.53 Å². The van der Waals surface area contributed by atoms with Crippen molar-refractivity contribution in [3.63, 3.8) is 0 Å². The third kappa shape index (κ3) is 2.67. The monoisotopic (exact) mass is 233 g/mol. The minimum absolute atomic E-state index is 0.119. The summed E-state index contributed by atoms with van der Waals surface area (Å²) >= 11 is 0. The van der Waals surface area contributed by atoms with Gasteiger partial charge in [0.1, 0.15) is 5.75 Å². The van der Waals surface area contributed by atoms with Crippen molar-refractivity contribution in [3.05, 3.63) is 29.8 Å². The van der Waals surface area contributed by atoms with Crippen LogP contribution in [0.1, 0.15) is 25.3 Å². The minimum atomic E-state index is -0.664. The molecule has 92 valence electrons. The highest BCUT2D eigenvalue weighted by Crippen LogP contribution is 2.39. The molecule has 2 N–H and O–H groups in total. The fourth-order valence-corrected chi connectivity index (χ4v) is 2.07. The lowest BCUT2D eigenvalue weighted by Gasteiger charge is -2.22. The van der Waals surface area contributed by atoms with Crippen molar-refractivity contribution in [2.24, 2.45) is 11.7 Å². The number of rotatable bonds is 5. The lowest BCUT2D eigenvalue weighted by molar-refractivity contribution is -0.123. The van der Waals surface area contributed by atoms with Crippen molar-refractivity contribution in [2.75, 3.05) is 7.11 Å². The average molecular weight is 233 g/mol. The maximum absolute atomic E-state index is 12.1.